The summed E-state index contributed by atoms with van der Waals surface area (Å²) in [5.74, 6) is -0.488. The molecule has 0 aliphatic carbocycles. The molecule has 1 heterocycles. The Hall–Kier alpha value is -1.18. The van der Waals surface area contributed by atoms with E-state index in [1.54, 1.807) is 0 Å². The average Bonchev–Trinajstić information content (AvgIpc) is 2.29. The minimum atomic E-state index is -3.76. The molecule has 1 aromatic carbocycles. The highest BCUT2D eigenvalue weighted by Gasteiger charge is 2.27. The third kappa shape index (κ3) is 2.13. The summed E-state index contributed by atoms with van der Waals surface area (Å²) in [5.41, 5.74) is 6.20. The van der Waals surface area contributed by atoms with E-state index in [4.69, 9.17) is 10.5 Å². The van der Waals surface area contributed by atoms with Gasteiger partial charge < -0.3 is 10.5 Å². The van der Waals surface area contributed by atoms with E-state index in [2.05, 4.69) is 4.72 Å². The predicted octanol–water partition coefficient (Wildman–Crippen LogP) is 0.516. The molecule has 1 aliphatic rings. The molecule has 3 N–H and O–H groups in total. The number of nitrogens with one attached hydrogen (secondary N) is 1. The molecule has 1 atom stereocenters. The van der Waals surface area contributed by atoms with Crippen LogP contribution in [-0.4, -0.2) is 22.1 Å². The molecule has 1 aliphatic heterocycles. The Bertz CT molecular complexity index is 545. The van der Waals surface area contributed by atoms with Crippen LogP contribution in [0.5, 0.6) is 5.75 Å². The standard InChI is InChI=1S/C10H13FN2O3S/c1-13-17(14,15)9-5-6(11)4-7-8(12)2-3-16-10(7)9/h4-5,8,13H,2-3,12H2,1H3. The molecule has 1 aromatic rings. The first-order valence-corrected chi connectivity index (χ1v) is 6.59. The molecule has 0 saturated carbocycles. The van der Waals surface area contributed by atoms with Crippen LogP contribution in [0.4, 0.5) is 4.39 Å². The second-order valence-electron chi connectivity index (χ2n) is 3.77. The van der Waals surface area contributed by atoms with Crippen molar-refractivity contribution >= 4 is 10.0 Å². The summed E-state index contributed by atoms with van der Waals surface area (Å²) in [5, 5.41) is 0. The van der Waals surface area contributed by atoms with E-state index < -0.39 is 21.9 Å². The van der Waals surface area contributed by atoms with Gasteiger partial charge in [-0.15, -0.1) is 0 Å². The van der Waals surface area contributed by atoms with Gasteiger partial charge >= 0.3 is 0 Å². The maximum Gasteiger partial charge on any atom is 0.244 e. The lowest BCUT2D eigenvalue weighted by atomic mass is 10.0. The molecule has 17 heavy (non-hydrogen) atoms. The van der Waals surface area contributed by atoms with Crippen LogP contribution in [0.25, 0.3) is 0 Å². The molecular weight excluding hydrogens is 247 g/mol. The van der Waals surface area contributed by atoms with Gasteiger partial charge in [0.15, 0.2) is 0 Å². The second kappa shape index (κ2) is 4.25. The topological polar surface area (TPSA) is 81.4 Å². The van der Waals surface area contributed by atoms with E-state index in [1.165, 1.54) is 13.1 Å². The smallest absolute Gasteiger partial charge is 0.244 e. The third-order valence-corrected chi connectivity index (χ3v) is 4.10. The lowest BCUT2D eigenvalue weighted by molar-refractivity contribution is 0.260. The summed E-state index contributed by atoms with van der Waals surface area (Å²) in [6.45, 7) is 0.325. The number of sulfonamides is 1. The Kier molecular flexibility index (Phi) is 3.07. The first-order valence-electron chi connectivity index (χ1n) is 5.11. The molecule has 0 saturated heterocycles. The molecule has 0 aromatic heterocycles. The highest BCUT2D eigenvalue weighted by atomic mass is 32.2. The maximum atomic E-state index is 13.4. The lowest BCUT2D eigenvalue weighted by Gasteiger charge is -2.24. The Morgan fingerprint density at radius 1 is 1.53 bits per heavy atom. The van der Waals surface area contributed by atoms with E-state index >= 15 is 0 Å². The van der Waals surface area contributed by atoms with Crippen LogP contribution in [-0.2, 0) is 10.0 Å². The SMILES string of the molecule is CNS(=O)(=O)c1cc(F)cc2c1OCCC2N. The van der Waals surface area contributed by atoms with E-state index in [9.17, 15) is 12.8 Å². The Morgan fingerprint density at radius 3 is 2.88 bits per heavy atom. The maximum absolute atomic E-state index is 13.4. The van der Waals surface area contributed by atoms with E-state index in [-0.39, 0.29) is 10.6 Å². The van der Waals surface area contributed by atoms with Gasteiger partial charge in [-0.1, -0.05) is 0 Å². The molecule has 1 unspecified atom stereocenters. The fourth-order valence-corrected chi connectivity index (χ4v) is 2.68. The number of hydrogen-bond acceptors (Lipinski definition) is 4. The van der Waals surface area contributed by atoms with Gasteiger partial charge in [-0.3, -0.25) is 0 Å². The Balaban J connectivity index is 2.69. The van der Waals surface area contributed by atoms with Crippen molar-refractivity contribution in [1.82, 2.24) is 4.72 Å². The highest BCUT2D eigenvalue weighted by molar-refractivity contribution is 7.89. The minimum Gasteiger partial charge on any atom is -0.492 e. The molecule has 0 bridgehead atoms. The van der Waals surface area contributed by atoms with Gasteiger partial charge in [0.05, 0.1) is 6.61 Å². The fraction of sp³-hybridized carbons (Fsp3) is 0.400. The zero-order valence-electron chi connectivity index (χ0n) is 9.23. The zero-order valence-corrected chi connectivity index (χ0v) is 10.1. The van der Waals surface area contributed by atoms with E-state index in [1.807, 2.05) is 0 Å². The van der Waals surface area contributed by atoms with Crippen LogP contribution >= 0.6 is 0 Å². The number of benzene rings is 1. The van der Waals surface area contributed by atoms with Crippen molar-refractivity contribution in [2.75, 3.05) is 13.7 Å². The molecule has 0 spiro atoms. The number of hydrogen-bond donors (Lipinski definition) is 2. The normalized spacial score (nSPS) is 19.6. The van der Waals surface area contributed by atoms with Gasteiger partial charge in [-0.25, -0.2) is 17.5 Å². The van der Waals surface area contributed by atoms with Crippen molar-refractivity contribution < 1.29 is 17.5 Å². The number of fused-ring (bicyclic) bond motifs is 1. The van der Waals surface area contributed by atoms with E-state index in [0.29, 0.717) is 18.6 Å². The van der Waals surface area contributed by atoms with Gasteiger partial charge in [0, 0.05) is 18.0 Å². The highest BCUT2D eigenvalue weighted by Crippen LogP contribution is 2.36. The molecule has 7 heteroatoms. The van der Waals surface area contributed by atoms with Gasteiger partial charge in [0.1, 0.15) is 16.5 Å². The van der Waals surface area contributed by atoms with Crippen LogP contribution < -0.4 is 15.2 Å². The second-order valence-corrected chi connectivity index (χ2v) is 5.63. The summed E-state index contributed by atoms with van der Waals surface area (Å²) in [4.78, 5) is -0.204. The van der Waals surface area contributed by atoms with Gasteiger partial charge in [-0.05, 0) is 19.2 Å². The van der Waals surface area contributed by atoms with Crippen LogP contribution in [0.3, 0.4) is 0 Å². The first kappa shape index (κ1) is 12.3. The van der Waals surface area contributed by atoms with Gasteiger partial charge in [0.2, 0.25) is 10.0 Å². The summed E-state index contributed by atoms with van der Waals surface area (Å²) < 4.78 is 44.3. The molecule has 5 nitrogen and oxygen atoms in total. The summed E-state index contributed by atoms with van der Waals surface area (Å²) in [6, 6.07) is 1.75. The monoisotopic (exact) mass is 260 g/mol. The van der Waals surface area contributed by atoms with Crippen LogP contribution in [0.2, 0.25) is 0 Å². The zero-order chi connectivity index (χ0) is 12.6. The summed E-state index contributed by atoms with van der Waals surface area (Å²) in [7, 11) is -2.50. The van der Waals surface area contributed by atoms with Gasteiger partial charge in [0.25, 0.3) is 0 Å². The quantitative estimate of drug-likeness (QED) is 0.812. The molecular formula is C10H13FN2O3S. The minimum absolute atomic E-state index is 0.152. The van der Waals surface area contributed by atoms with Crippen molar-refractivity contribution in [1.29, 1.82) is 0 Å². The summed E-state index contributed by atoms with van der Waals surface area (Å²) >= 11 is 0. The Morgan fingerprint density at radius 2 is 2.24 bits per heavy atom. The number of nitrogens with two attached hydrogens (primary N) is 1. The number of halogens is 1. The predicted molar refractivity (Wildman–Crippen MR) is 59.7 cm³/mol. The number of ether oxygens (including phenoxy) is 1. The average molecular weight is 260 g/mol. The lowest BCUT2D eigenvalue weighted by Crippen LogP contribution is -2.25. The summed E-state index contributed by atoms with van der Waals surface area (Å²) in [6.07, 6.45) is 0.537. The van der Waals surface area contributed by atoms with Crippen LogP contribution in [0.1, 0.15) is 18.0 Å². The van der Waals surface area contributed by atoms with Crippen molar-refractivity contribution in [2.24, 2.45) is 5.73 Å². The van der Waals surface area contributed by atoms with E-state index in [0.717, 1.165) is 6.07 Å². The van der Waals surface area contributed by atoms with Crippen molar-refractivity contribution in [3.05, 3.63) is 23.5 Å². The van der Waals surface area contributed by atoms with Crippen molar-refractivity contribution in [3.63, 3.8) is 0 Å². The van der Waals surface area contributed by atoms with Crippen LogP contribution in [0.15, 0.2) is 17.0 Å². The molecule has 0 fully saturated rings. The molecule has 0 radical (unpaired) electrons. The van der Waals surface area contributed by atoms with Crippen molar-refractivity contribution in [3.8, 4) is 5.75 Å². The van der Waals surface area contributed by atoms with Crippen LogP contribution in [0, 0.1) is 5.82 Å². The van der Waals surface area contributed by atoms with Gasteiger partial charge in [-0.2, -0.15) is 0 Å². The molecule has 94 valence electrons. The number of rotatable bonds is 2. The first-order chi connectivity index (χ1) is 7.95. The third-order valence-electron chi connectivity index (χ3n) is 2.68. The Labute approximate surface area is 98.8 Å². The molecule has 0 amide bonds. The fourth-order valence-electron chi connectivity index (χ4n) is 1.77. The van der Waals surface area contributed by atoms with Crippen molar-refractivity contribution in [2.45, 2.75) is 17.4 Å². The largest absolute Gasteiger partial charge is 0.492 e. The molecule has 2 rings (SSSR count).